The Balaban J connectivity index is 0.00000900. The van der Waals surface area contributed by atoms with E-state index in [1.54, 1.807) is 0 Å². The van der Waals surface area contributed by atoms with E-state index in [9.17, 15) is 22.9 Å². The fourth-order valence-electron chi connectivity index (χ4n) is 3.44. The van der Waals surface area contributed by atoms with Crippen LogP contribution in [0.1, 0.15) is 78.1 Å². The van der Waals surface area contributed by atoms with Crippen LogP contribution in [-0.4, -0.2) is 67.7 Å². The summed E-state index contributed by atoms with van der Waals surface area (Å²) in [7, 11) is -4.56. The quantitative estimate of drug-likeness (QED) is 0.176. The summed E-state index contributed by atoms with van der Waals surface area (Å²) in [5, 5.41) is 11.7. The molecule has 1 aliphatic heterocycles. The first-order valence-electron chi connectivity index (χ1n) is 11.0. The number of ether oxygens (including phenoxy) is 3. The molecule has 178 valence electrons. The molecule has 0 saturated carbocycles. The predicted molar refractivity (Wildman–Crippen MR) is 111 cm³/mol. The van der Waals surface area contributed by atoms with Crippen molar-refractivity contribution in [3.8, 4) is 0 Å². The Hall–Kier alpha value is 0.0600. The van der Waals surface area contributed by atoms with E-state index in [0.29, 0.717) is 6.61 Å². The number of carbonyl (C=O) groups is 1. The standard InChI is InChI=1S/C20H39NO8S.Na/c1-3-5-7-9-11-20(12-10-8-6-4-2)28-15-18(29-20)14-27-19(23)21-13-17(22)16-30(24,25)26;/h17-18,22H,3-16H2,1-2H3,(H,21,23)(H,24,25,26);/q;+1/p-1. The van der Waals surface area contributed by atoms with E-state index in [2.05, 4.69) is 19.2 Å². The van der Waals surface area contributed by atoms with Crippen LogP contribution < -0.4 is 34.9 Å². The van der Waals surface area contributed by atoms with Gasteiger partial charge in [-0.2, -0.15) is 0 Å². The molecule has 0 aromatic heterocycles. The maximum Gasteiger partial charge on any atom is 1.00 e. The van der Waals surface area contributed by atoms with Crippen molar-refractivity contribution >= 4 is 16.2 Å². The molecule has 1 aliphatic rings. The van der Waals surface area contributed by atoms with Gasteiger partial charge in [0.25, 0.3) is 0 Å². The number of hydrogen-bond donors (Lipinski definition) is 2. The molecule has 2 atom stereocenters. The van der Waals surface area contributed by atoms with Crippen molar-refractivity contribution < 1.29 is 66.6 Å². The van der Waals surface area contributed by atoms with Crippen molar-refractivity contribution in [2.45, 2.75) is 96.1 Å². The normalized spacial score (nSPS) is 18.9. The fourth-order valence-corrected chi connectivity index (χ4v) is 4.03. The van der Waals surface area contributed by atoms with Crippen molar-refractivity contribution in [3.63, 3.8) is 0 Å². The van der Waals surface area contributed by atoms with Gasteiger partial charge in [0.2, 0.25) is 0 Å². The Morgan fingerprint density at radius 3 is 2.26 bits per heavy atom. The summed E-state index contributed by atoms with van der Waals surface area (Å²) < 4.78 is 49.0. The predicted octanol–water partition coefficient (Wildman–Crippen LogP) is -0.325. The van der Waals surface area contributed by atoms with Crippen molar-refractivity contribution in [2.75, 3.05) is 25.5 Å². The number of aliphatic hydroxyl groups excluding tert-OH is 1. The monoisotopic (exact) mass is 475 g/mol. The van der Waals surface area contributed by atoms with Crippen LogP contribution in [0.15, 0.2) is 0 Å². The largest absolute Gasteiger partial charge is 1.00 e. The maximum atomic E-state index is 11.8. The average Bonchev–Trinajstić information content (AvgIpc) is 3.08. The van der Waals surface area contributed by atoms with Gasteiger partial charge in [0.15, 0.2) is 5.79 Å². The Morgan fingerprint density at radius 1 is 1.16 bits per heavy atom. The van der Waals surface area contributed by atoms with Crippen LogP contribution >= 0.6 is 0 Å². The number of carbonyl (C=O) groups excluding carboxylic acids is 1. The zero-order valence-electron chi connectivity index (χ0n) is 19.3. The van der Waals surface area contributed by atoms with Crippen molar-refractivity contribution in [1.29, 1.82) is 0 Å². The molecule has 9 nitrogen and oxygen atoms in total. The van der Waals surface area contributed by atoms with E-state index in [-0.39, 0.29) is 48.8 Å². The summed E-state index contributed by atoms with van der Waals surface area (Å²) in [5.74, 6) is -1.59. The number of amides is 1. The smallest absolute Gasteiger partial charge is 0.748 e. The van der Waals surface area contributed by atoms with E-state index >= 15 is 0 Å². The Kier molecular flexibility index (Phi) is 16.7. The van der Waals surface area contributed by atoms with Gasteiger partial charge in [-0.15, -0.1) is 0 Å². The molecule has 1 saturated heterocycles. The first kappa shape index (κ1) is 31.1. The zero-order chi connectivity index (χ0) is 22.5. The van der Waals surface area contributed by atoms with Crippen LogP contribution in [0.2, 0.25) is 0 Å². The number of unbranched alkanes of at least 4 members (excludes halogenated alkanes) is 6. The molecule has 0 aliphatic carbocycles. The van der Waals surface area contributed by atoms with E-state index < -0.39 is 33.9 Å². The second-order valence-electron chi connectivity index (χ2n) is 7.94. The third kappa shape index (κ3) is 14.7. The molecule has 1 rings (SSSR count). The number of aliphatic hydroxyl groups is 1. The van der Waals surface area contributed by atoms with Crippen LogP contribution in [-0.2, 0) is 24.3 Å². The van der Waals surface area contributed by atoms with Crippen molar-refractivity contribution in [1.82, 2.24) is 5.32 Å². The summed E-state index contributed by atoms with van der Waals surface area (Å²) in [6.45, 7) is 4.28. The molecule has 0 bridgehead atoms. The minimum Gasteiger partial charge on any atom is -0.748 e. The van der Waals surface area contributed by atoms with Gasteiger partial charge in [-0.25, -0.2) is 13.2 Å². The summed E-state index contributed by atoms with van der Waals surface area (Å²) in [6.07, 6.45) is 7.95. The van der Waals surface area contributed by atoms with Crippen LogP contribution in [0.4, 0.5) is 4.79 Å². The van der Waals surface area contributed by atoms with Gasteiger partial charge in [0.05, 0.1) is 28.6 Å². The first-order chi connectivity index (χ1) is 14.2. The second kappa shape index (κ2) is 16.6. The summed E-state index contributed by atoms with van der Waals surface area (Å²) in [4.78, 5) is 11.8. The van der Waals surface area contributed by atoms with E-state index in [1.165, 1.54) is 12.8 Å². The summed E-state index contributed by atoms with van der Waals surface area (Å²) >= 11 is 0. The maximum absolute atomic E-state index is 11.8. The van der Waals surface area contributed by atoms with Crippen molar-refractivity contribution in [2.24, 2.45) is 0 Å². The molecule has 1 amide bonds. The van der Waals surface area contributed by atoms with Gasteiger partial charge in [-0.3, -0.25) is 0 Å². The molecule has 2 unspecified atom stereocenters. The molecule has 11 heteroatoms. The van der Waals surface area contributed by atoms with Crippen molar-refractivity contribution in [3.05, 3.63) is 0 Å². The number of alkyl carbamates (subject to hydrolysis) is 1. The SMILES string of the molecule is CCCCCCC1(CCCCCC)OCC(COC(=O)NCC(O)CS(=O)(=O)[O-])O1.[Na+]. The van der Waals surface area contributed by atoms with Crippen LogP contribution in [0.25, 0.3) is 0 Å². The molecule has 1 fully saturated rings. The minimum absolute atomic E-state index is 0. The fraction of sp³-hybridized carbons (Fsp3) is 0.950. The number of nitrogens with one attached hydrogen (secondary N) is 1. The van der Waals surface area contributed by atoms with Gasteiger partial charge in [-0.05, 0) is 12.8 Å². The molecule has 1 heterocycles. The van der Waals surface area contributed by atoms with Gasteiger partial charge in [0.1, 0.15) is 12.7 Å². The van der Waals surface area contributed by atoms with E-state index in [0.717, 1.165) is 51.4 Å². The summed E-state index contributed by atoms with van der Waals surface area (Å²) in [6, 6.07) is 0. The number of rotatable bonds is 16. The third-order valence-corrected chi connectivity index (χ3v) is 5.81. The Labute approximate surface area is 209 Å². The van der Waals surface area contributed by atoms with Crippen LogP contribution in [0.5, 0.6) is 0 Å². The van der Waals surface area contributed by atoms with Gasteiger partial charge in [0, 0.05) is 19.4 Å². The molecule has 0 radical (unpaired) electrons. The van der Waals surface area contributed by atoms with Gasteiger partial charge >= 0.3 is 35.7 Å². The third-order valence-electron chi connectivity index (χ3n) is 5.02. The van der Waals surface area contributed by atoms with E-state index in [1.807, 2.05) is 0 Å². The van der Waals surface area contributed by atoms with Gasteiger partial charge < -0.3 is 29.2 Å². The molecular formula is C20H38NNaO8S. The molecule has 0 aromatic carbocycles. The minimum atomic E-state index is -4.56. The van der Waals surface area contributed by atoms with Crippen LogP contribution in [0.3, 0.4) is 0 Å². The van der Waals surface area contributed by atoms with Crippen LogP contribution in [0, 0.1) is 0 Å². The molecule has 0 spiro atoms. The molecule has 2 N–H and O–H groups in total. The zero-order valence-corrected chi connectivity index (χ0v) is 22.1. The molecule has 31 heavy (non-hydrogen) atoms. The topological polar surface area (TPSA) is 134 Å². The summed E-state index contributed by atoms with van der Waals surface area (Å²) in [5.41, 5.74) is 0. The first-order valence-corrected chi connectivity index (χ1v) is 12.6. The second-order valence-corrected chi connectivity index (χ2v) is 9.39. The molecule has 0 aromatic rings. The Bertz CT molecular complexity index is 578. The number of hydrogen-bond acceptors (Lipinski definition) is 8. The van der Waals surface area contributed by atoms with Gasteiger partial charge in [-0.1, -0.05) is 52.4 Å². The molecular weight excluding hydrogens is 437 g/mol. The van der Waals surface area contributed by atoms with E-state index in [4.69, 9.17) is 14.2 Å². The average molecular weight is 476 g/mol. The Morgan fingerprint density at radius 2 is 1.74 bits per heavy atom.